The third-order valence-electron chi connectivity index (χ3n) is 16.9. The number of benzene rings is 1. The summed E-state index contributed by atoms with van der Waals surface area (Å²) in [4.78, 5) is 13.2. The molecule has 1 saturated heterocycles. The molecule has 7 N–H and O–H groups in total. The molecule has 6 aliphatic rings. The van der Waals surface area contributed by atoms with Crippen molar-refractivity contribution in [2.45, 2.75) is 142 Å². The number of carbonyl (C=O) groups is 1. The van der Waals surface area contributed by atoms with Crippen molar-refractivity contribution in [3.8, 4) is 0 Å². The lowest BCUT2D eigenvalue weighted by molar-refractivity contribution is -0.340. The van der Waals surface area contributed by atoms with Crippen LogP contribution in [-0.2, 0) is 25.6 Å². The third-order valence-corrected chi connectivity index (χ3v) is 16.9. The van der Waals surface area contributed by atoms with Crippen LogP contribution in [0.4, 0.5) is 0 Å². The number of rotatable bonds is 9. The highest BCUT2D eigenvalue weighted by atomic mass is 16.7. The Labute approximate surface area is 319 Å². The average Bonchev–Trinajstić information content (AvgIpc) is 3.15. The van der Waals surface area contributed by atoms with Crippen molar-refractivity contribution in [2.75, 3.05) is 19.8 Å². The number of hydrogen-bond acceptors (Lipinski definition) is 10. The Kier molecular flexibility index (Phi) is 10.6. The van der Waals surface area contributed by atoms with Crippen molar-refractivity contribution in [1.29, 1.82) is 0 Å². The summed E-state index contributed by atoms with van der Waals surface area (Å²) in [5, 5.41) is 75.8. The molecule has 5 aliphatic carbocycles. The lowest BCUT2D eigenvalue weighted by Gasteiger charge is -2.72. The van der Waals surface area contributed by atoms with Gasteiger partial charge in [-0.25, -0.2) is 0 Å². The van der Waals surface area contributed by atoms with Crippen molar-refractivity contribution in [2.24, 2.45) is 50.2 Å². The molecule has 0 radical (unpaired) electrons. The molecule has 16 atom stereocenters. The van der Waals surface area contributed by atoms with Gasteiger partial charge in [-0.15, -0.1) is 0 Å². The number of carboxylic acid groups (broad SMARTS) is 1. The summed E-state index contributed by atoms with van der Waals surface area (Å²) in [5.74, 6) is -0.926. The molecule has 5 fully saturated rings. The SMILES string of the molecule is C[C@]1(CO)CC[C@]2(C(=O)O)CC[C@]3(C)C(=CC[C@@H]4[C@@]5(C)C[C@@H](OCc6ccccc6)[C@@H](O[C@@H]6OC[C@@H](O)[C@H](O)[C@H]6O)[C@@](C)([C@H](O)CO)[C@H]5CC[C@]43C)[C@@H]2C1. The summed E-state index contributed by atoms with van der Waals surface area (Å²) < 4.78 is 19.3. The van der Waals surface area contributed by atoms with Crippen LogP contribution in [0.2, 0.25) is 0 Å². The fourth-order valence-electron chi connectivity index (χ4n) is 13.3. The average molecular weight is 757 g/mol. The van der Waals surface area contributed by atoms with Crippen LogP contribution < -0.4 is 0 Å². The van der Waals surface area contributed by atoms with Crippen LogP contribution in [0, 0.1) is 50.2 Å². The topological polar surface area (TPSA) is 186 Å². The van der Waals surface area contributed by atoms with Crippen molar-refractivity contribution < 1.29 is 54.8 Å². The van der Waals surface area contributed by atoms with Crippen molar-refractivity contribution in [3.63, 3.8) is 0 Å². The number of aliphatic carboxylic acids is 1. The first-order valence-corrected chi connectivity index (χ1v) is 20.2. The molecule has 0 aromatic heterocycles. The van der Waals surface area contributed by atoms with E-state index in [2.05, 4.69) is 33.8 Å². The molecular formula is C43H64O11. The zero-order valence-corrected chi connectivity index (χ0v) is 32.7. The molecule has 11 heteroatoms. The minimum absolute atomic E-state index is 0.0324. The van der Waals surface area contributed by atoms with Gasteiger partial charge in [-0.3, -0.25) is 4.79 Å². The summed E-state index contributed by atoms with van der Waals surface area (Å²) in [6.45, 7) is 10.6. The molecule has 0 bridgehead atoms. The van der Waals surface area contributed by atoms with Gasteiger partial charge in [0, 0.05) is 12.0 Å². The van der Waals surface area contributed by atoms with Gasteiger partial charge in [0.1, 0.15) is 18.3 Å². The molecule has 1 aromatic rings. The van der Waals surface area contributed by atoms with E-state index in [4.69, 9.17) is 14.2 Å². The highest BCUT2D eigenvalue weighted by Gasteiger charge is 2.72. The predicted molar refractivity (Wildman–Crippen MR) is 199 cm³/mol. The second-order valence-corrected chi connectivity index (χ2v) is 19.4. The van der Waals surface area contributed by atoms with Crippen LogP contribution >= 0.6 is 0 Å². The van der Waals surface area contributed by atoms with E-state index in [1.54, 1.807) is 0 Å². The van der Waals surface area contributed by atoms with Crippen LogP contribution in [0.3, 0.4) is 0 Å². The van der Waals surface area contributed by atoms with Crippen LogP contribution in [-0.4, -0.2) is 104 Å². The number of hydrogen-bond donors (Lipinski definition) is 7. The quantitative estimate of drug-likeness (QED) is 0.142. The van der Waals surface area contributed by atoms with Gasteiger partial charge in [0.15, 0.2) is 6.29 Å². The Balaban J connectivity index is 1.30. The Morgan fingerprint density at radius 1 is 0.926 bits per heavy atom. The Hall–Kier alpha value is -1.93. The molecule has 7 rings (SSSR count). The molecule has 4 saturated carbocycles. The second kappa shape index (κ2) is 14.2. The smallest absolute Gasteiger partial charge is 0.310 e. The third kappa shape index (κ3) is 5.89. The predicted octanol–water partition coefficient (Wildman–Crippen LogP) is 4.20. The van der Waals surface area contributed by atoms with Gasteiger partial charge >= 0.3 is 5.97 Å². The van der Waals surface area contributed by atoms with Crippen LogP contribution in [0.15, 0.2) is 42.0 Å². The lowest BCUT2D eigenvalue weighted by Crippen LogP contribution is -2.71. The summed E-state index contributed by atoms with van der Waals surface area (Å²) in [6.07, 6.45) is 0.130. The maximum Gasteiger partial charge on any atom is 0.310 e. The summed E-state index contributed by atoms with van der Waals surface area (Å²) in [7, 11) is 0. The van der Waals surface area contributed by atoms with Crippen molar-refractivity contribution in [3.05, 3.63) is 47.5 Å². The largest absolute Gasteiger partial charge is 0.481 e. The van der Waals surface area contributed by atoms with Gasteiger partial charge in [-0.1, -0.05) is 76.6 Å². The summed E-state index contributed by atoms with van der Waals surface area (Å²) >= 11 is 0. The fourth-order valence-corrected chi connectivity index (χ4v) is 13.3. The van der Waals surface area contributed by atoms with Gasteiger partial charge in [-0.05, 0) is 103 Å². The maximum atomic E-state index is 13.2. The second-order valence-electron chi connectivity index (χ2n) is 19.4. The summed E-state index contributed by atoms with van der Waals surface area (Å²) in [6, 6.07) is 9.80. The number of allylic oxidation sites excluding steroid dienone is 2. The van der Waals surface area contributed by atoms with E-state index in [9.17, 15) is 40.5 Å². The molecule has 1 aliphatic heterocycles. The molecule has 54 heavy (non-hydrogen) atoms. The fraction of sp³-hybridized carbons (Fsp3) is 0.791. The van der Waals surface area contributed by atoms with Gasteiger partial charge < -0.3 is 50.0 Å². The zero-order chi connectivity index (χ0) is 39.1. The summed E-state index contributed by atoms with van der Waals surface area (Å²) in [5.41, 5.74) is -1.02. The molecule has 1 aromatic carbocycles. The number of fused-ring (bicyclic) bond motifs is 7. The molecule has 0 unspecified atom stereocenters. The lowest BCUT2D eigenvalue weighted by atomic mass is 9.33. The molecule has 0 amide bonds. The van der Waals surface area contributed by atoms with Gasteiger partial charge in [0.05, 0.1) is 43.5 Å². The van der Waals surface area contributed by atoms with Crippen LogP contribution in [0.1, 0.15) is 98.0 Å². The Morgan fingerprint density at radius 2 is 1.63 bits per heavy atom. The normalized spacial score (nSPS) is 49.4. The van der Waals surface area contributed by atoms with E-state index in [-0.39, 0.29) is 53.8 Å². The van der Waals surface area contributed by atoms with E-state index < -0.39 is 71.7 Å². The van der Waals surface area contributed by atoms with Gasteiger partial charge in [0.25, 0.3) is 0 Å². The van der Waals surface area contributed by atoms with E-state index in [1.807, 2.05) is 37.3 Å². The molecule has 302 valence electrons. The first-order valence-electron chi connectivity index (χ1n) is 20.2. The van der Waals surface area contributed by atoms with Crippen LogP contribution in [0.25, 0.3) is 0 Å². The van der Waals surface area contributed by atoms with Crippen molar-refractivity contribution in [1.82, 2.24) is 0 Å². The number of aliphatic hydroxyl groups excluding tert-OH is 6. The first kappa shape index (κ1) is 40.3. The van der Waals surface area contributed by atoms with Crippen molar-refractivity contribution >= 4 is 5.97 Å². The highest BCUT2D eigenvalue weighted by Crippen LogP contribution is 2.76. The highest BCUT2D eigenvalue weighted by molar-refractivity contribution is 5.76. The zero-order valence-electron chi connectivity index (χ0n) is 32.7. The minimum Gasteiger partial charge on any atom is -0.481 e. The maximum absolute atomic E-state index is 13.2. The monoisotopic (exact) mass is 756 g/mol. The van der Waals surface area contributed by atoms with Gasteiger partial charge in [-0.2, -0.15) is 0 Å². The molecule has 1 heterocycles. The van der Waals surface area contributed by atoms with E-state index >= 15 is 0 Å². The number of aliphatic hydroxyl groups is 6. The van der Waals surface area contributed by atoms with Gasteiger partial charge in [0.2, 0.25) is 0 Å². The first-order chi connectivity index (χ1) is 25.4. The standard InChI is InChI=1S/C43H64O11/c1-38(24-45)15-17-43(37(50)51)18-16-40(3)26(27(43)19-38)11-12-30-39(2)20-29(52-22-25-9-7-6-8-10-25)35(54-36-34(49)33(48)28(46)23-53-36)42(5,32(47)21-44)31(39)13-14-41(30,40)4/h6-11,27-36,44-49H,12-24H2,1-5H3,(H,50,51)/t27-,28+,29+,30+,31-,32+,33-,34+,35+,36-,38-,39+,40+,41+,42+,43-/m0/s1. The Morgan fingerprint density at radius 3 is 2.30 bits per heavy atom. The molecule has 11 nitrogen and oxygen atoms in total. The van der Waals surface area contributed by atoms with Crippen LogP contribution in [0.5, 0.6) is 0 Å². The number of carboxylic acids is 1. The van der Waals surface area contributed by atoms with E-state index in [0.29, 0.717) is 38.5 Å². The minimum atomic E-state index is -1.54. The number of ether oxygens (including phenoxy) is 3. The molecule has 0 spiro atoms. The Bertz CT molecular complexity index is 1570. The van der Waals surface area contributed by atoms with E-state index in [0.717, 1.165) is 24.8 Å². The van der Waals surface area contributed by atoms with E-state index in [1.165, 1.54) is 5.57 Å². The molecular weight excluding hydrogens is 692 g/mol.